The van der Waals surface area contributed by atoms with E-state index < -0.39 is 6.10 Å². The van der Waals surface area contributed by atoms with Gasteiger partial charge in [-0.25, -0.2) is 0 Å². The van der Waals surface area contributed by atoms with Gasteiger partial charge in [0.2, 0.25) is 0 Å². The highest BCUT2D eigenvalue weighted by Crippen LogP contribution is 2.13. The van der Waals surface area contributed by atoms with Crippen molar-refractivity contribution in [2.45, 2.75) is 245 Å². The van der Waals surface area contributed by atoms with E-state index in [2.05, 4.69) is 154 Å². The van der Waals surface area contributed by atoms with Crippen molar-refractivity contribution in [3.8, 4) is 0 Å². The van der Waals surface area contributed by atoms with Crippen molar-refractivity contribution in [3.63, 3.8) is 0 Å². The molecular formula is C65H104O6. The van der Waals surface area contributed by atoms with E-state index in [9.17, 15) is 14.4 Å². The Hall–Kier alpha value is -4.45. The van der Waals surface area contributed by atoms with Crippen molar-refractivity contribution < 1.29 is 28.6 Å². The molecule has 0 spiro atoms. The topological polar surface area (TPSA) is 78.9 Å². The first-order valence-electron chi connectivity index (χ1n) is 28.7. The largest absolute Gasteiger partial charge is 0.462 e. The van der Waals surface area contributed by atoms with Crippen LogP contribution in [-0.2, 0) is 28.6 Å². The molecule has 6 nitrogen and oxygen atoms in total. The highest BCUT2D eigenvalue weighted by atomic mass is 16.6. The molecule has 0 unspecified atom stereocenters. The van der Waals surface area contributed by atoms with Crippen molar-refractivity contribution in [1.82, 2.24) is 0 Å². The van der Waals surface area contributed by atoms with Gasteiger partial charge in [-0.1, -0.05) is 219 Å². The van der Waals surface area contributed by atoms with Gasteiger partial charge in [-0.2, -0.15) is 0 Å². The number of esters is 3. The fourth-order valence-electron chi connectivity index (χ4n) is 7.31. The zero-order valence-corrected chi connectivity index (χ0v) is 45.7. The third-order valence-corrected chi connectivity index (χ3v) is 11.6. The van der Waals surface area contributed by atoms with Crippen molar-refractivity contribution in [2.24, 2.45) is 0 Å². The van der Waals surface area contributed by atoms with Crippen LogP contribution < -0.4 is 0 Å². The third-order valence-electron chi connectivity index (χ3n) is 11.6. The minimum Gasteiger partial charge on any atom is -0.462 e. The van der Waals surface area contributed by atoms with Crippen molar-refractivity contribution >= 4 is 17.9 Å². The van der Waals surface area contributed by atoms with Gasteiger partial charge in [0, 0.05) is 19.3 Å². The molecule has 0 aliphatic rings. The van der Waals surface area contributed by atoms with Crippen LogP contribution in [0.25, 0.3) is 0 Å². The van der Waals surface area contributed by atoms with E-state index >= 15 is 0 Å². The van der Waals surface area contributed by atoms with E-state index in [1.807, 2.05) is 0 Å². The molecule has 0 heterocycles. The van der Waals surface area contributed by atoms with Gasteiger partial charge < -0.3 is 14.2 Å². The molecule has 0 bridgehead atoms. The fourth-order valence-corrected chi connectivity index (χ4v) is 7.31. The number of allylic oxidation sites excluding steroid dienone is 22. The zero-order valence-electron chi connectivity index (χ0n) is 45.7. The lowest BCUT2D eigenvalue weighted by molar-refractivity contribution is -0.167. The van der Waals surface area contributed by atoms with Crippen LogP contribution in [0, 0.1) is 0 Å². The van der Waals surface area contributed by atoms with E-state index in [0.717, 1.165) is 116 Å². The molecule has 0 fully saturated rings. The molecule has 0 aromatic rings. The van der Waals surface area contributed by atoms with E-state index in [4.69, 9.17) is 14.2 Å². The smallest absolute Gasteiger partial charge is 0.306 e. The van der Waals surface area contributed by atoms with E-state index in [-0.39, 0.29) is 37.5 Å². The highest BCUT2D eigenvalue weighted by Gasteiger charge is 2.19. The zero-order chi connectivity index (χ0) is 51.4. The van der Waals surface area contributed by atoms with Crippen LogP contribution in [0.2, 0.25) is 0 Å². The van der Waals surface area contributed by atoms with E-state index in [1.165, 1.54) is 77.0 Å². The lowest BCUT2D eigenvalue weighted by Gasteiger charge is -2.18. The second kappa shape index (κ2) is 58.1. The van der Waals surface area contributed by atoms with Crippen LogP contribution in [0.1, 0.15) is 239 Å². The number of hydrogen-bond acceptors (Lipinski definition) is 6. The molecule has 0 N–H and O–H groups in total. The SMILES string of the molecule is CC/C=C\C/C=C\C/C=C\C/C=C\C/C=C\CCCCCC(=O)OC[C@H](COC(=O)CCCCCCCCC/C=C\C/C=C\CCCCC)OC(=O)CCC/C=C\C/C=C\C/C=C\C/C=C\CCCCC. The number of hydrogen-bond donors (Lipinski definition) is 0. The second-order valence-electron chi connectivity index (χ2n) is 18.5. The molecule has 0 amide bonds. The summed E-state index contributed by atoms with van der Waals surface area (Å²) in [6, 6.07) is 0. The van der Waals surface area contributed by atoms with Crippen molar-refractivity contribution in [2.75, 3.05) is 13.2 Å². The number of carbonyl (C=O) groups is 3. The molecule has 0 saturated carbocycles. The van der Waals surface area contributed by atoms with Crippen LogP contribution in [0.4, 0.5) is 0 Å². The van der Waals surface area contributed by atoms with Gasteiger partial charge in [0.05, 0.1) is 0 Å². The first-order chi connectivity index (χ1) is 35.0. The maximum Gasteiger partial charge on any atom is 0.306 e. The molecule has 0 aromatic carbocycles. The normalized spacial score (nSPS) is 13.1. The molecule has 0 radical (unpaired) electrons. The quantitative estimate of drug-likeness (QED) is 0.0262. The van der Waals surface area contributed by atoms with Gasteiger partial charge in [0.1, 0.15) is 13.2 Å². The molecule has 400 valence electrons. The summed E-state index contributed by atoms with van der Waals surface area (Å²) in [5.41, 5.74) is 0. The standard InChI is InChI=1S/C65H104O6/c1-4-7-10-13-16-19-22-25-28-31-32-35-37-40-43-46-49-52-55-58-64(67)70-61-62(71-65(68)59-56-53-50-47-44-41-38-34-30-27-24-21-18-15-12-9-6-3)60-69-63(66)57-54-51-48-45-42-39-36-33-29-26-23-20-17-14-11-8-5-2/h7,10,16-21,25-30,32,35,38,40-41,43,47,50,62H,4-6,8-9,11-15,22-24,31,33-34,36-37,39,42,44-46,48-49,51-61H2,1-3H3/b10-7-,19-16-,20-17-,21-18-,28-25-,29-26-,30-27-,35-32-,41-38-,43-40-,50-47-/t62-/m0/s1. The Morgan fingerprint density at radius 1 is 0.296 bits per heavy atom. The Kier molecular flexibility index (Phi) is 54.5. The summed E-state index contributed by atoms with van der Waals surface area (Å²) in [5.74, 6) is -1.02. The summed E-state index contributed by atoms with van der Waals surface area (Å²) >= 11 is 0. The Morgan fingerprint density at radius 2 is 0.563 bits per heavy atom. The second-order valence-corrected chi connectivity index (χ2v) is 18.5. The van der Waals surface area contributed by atoms with Crippen LogP contribution in [-0.4, -0.2) is 37.2 Å². The molecule has 0 aromatic heterocycles. The maximum absolute atomic E-state index is 12.8. The average Bonchev–Trinajstić information content (AvgIpc) is 3.37. The number of carbonyl (C=O) groups excluding carboxylic acids is 3. The molecule has 1 atom stereocenters. The van der Waals surface area contributed by atoms with Crippen LogP contribution in [0.15, 0.2) is 134 Å². The fraction of sp³-hybridized carbons (Fsp3) is 0.615. The Balaban J connectivity index is 4.57. The molecule has 71 heavy (non-hydrogen) atoms. The van der Waals surface area contributed by atoms with Crippen molar-refractivity contribution in [1.29, 1.82) is 0 Å². The highest BCUT2D eigenvalue weighted by molar-refractivity contribution is 5.71. The summed E-state index contributed by atoms with van der Waals surface area (Å²) in [7, 11) is 0. The Labute approximate surface area is 436 Å². The van der Waals surface area contributed by atoms with E-state index in [0.29, 0.717) is 19.3 Å². The van der Waals surface area contributed by atoms with Crippen molar-refractivity contribution in [3.05, 3.63) is 134 Å². The summed E-state index contributed by atoms with van der Waals surface area (Å²) in [6.07, 6.45) is 81.5. The maximum atomic E-state index is 12.8. The third kappa shape index (κ3) is 56.3. The number of unbranched alkanes of at least 4 members (excludes halogenated alkanes) is 17. The molecule has 0 aliphatic carbocycles. The van der Waals surface area contributed by atoms with Crippen LogP contribution >= 0.6 is 0 Å². The van der Waals surface area contributed by atoms with Crippen LogP contribution in [0.3, 0.4) is 0 Å². The number of ether oxygens (including phenoxy) is 3. The van der Waals surface area contributed by atoms with Gasteiger partial charge in [0.15, 0.2) is 6.10 Å². The summed E-state index contributed by atoms with van der Waals surface area (Å²) < 4.78 is 16.8. The lowest BCUT2D eigenvalue weighted by atomic mass is 10.1. The lowest BCUT2D eigenvalue weighted by Crippen LogP contribution is -2.30. The average molecular weight is 982 g/mol. The molecule has 6 heteroatoms. The monoisotopic (exact) mass is 981 g/mol. The van der Waals surface area contributed by atoms with Gasteiger partial charge in [0.25, 0.3) is 0 Å². The summed E-state index contributed by atoms with van der Waals surface area (Å²) in [6.45, 7) is 6.38. The van der Waals surface area contributed by atoms with Gasteiger partial charge in [-0.3, -0.25) is 14.4 Å². The van der Waals surface area contributed by atoms with Crippen LogP contribution in [0.5, 0.6) is 0 Å². The Bertz CT molecular complexity index is 1550. The first kappa shape index (κ1) is 66.6. The minimum absolute atomic E-state index is 0.119. The molecular weight excluding hydrogens is 877 g/mol. The molecule has 0 saturated heterocycles. The van der Waals surface area contributed by atoms with E-state index in [1.54, 1.807) is 0 Å². The Morgan fingerprint density at radius 3 is 0.915 bits per heavy atom. The number of rotatable bonds is 50. The molecule has 0 rings (SSSR count). The summed E-state index contributed by atoms with van der Waals surface area (Å²) in [5, 5.41) is 0. The summed E-state index contributed by atoms with van der Waals surface area (Å²) in [4.78, 5) is 38.2. The van der Waals surface area contributed by atoms with Gasteiger partial charge >= 0.3 is 17.9 Å². The first-order valence-corrected chi connectivity index (χ1v) is 28.7. The van der Waals surface area contributed by atoms with Gasteiger partial charge in [-0.15, -0.1) is 0 Å². The predicted molar refractivity (Wildman–Crippen MR) is 306 cm³/mol. The minimum atomic E-state index is -0.830. The molecule has 0 aliphatic heterocycles. The van der Waals surface area contributed by atoms with Gasteiger partial charge in [-0.05, 0) is 135 Å². The predicted octanol–water partition coefficient (Wildman–Crippen LogP) is 19.4.